The van der Waals surface area contributed by atoms with Gasteiger partial charge in [0.15, 0.2) is 0 Å². The van der Waals surface area contributed by atoms with E-state index in [1.807, 2.05) is 11.8 Å². The quantitative estimate of drug-likeness (QED) is 0.800. The maximum Gasteiger partial charge on any atom is 0.135 e. The average molecular weight is 274 g/mol. The highest BCUT2D eigenvalue weighted by molar-refractivity contribution is 7.99. The molecule has 0 fully saturated rings. The van der Waals surface area contributed by atoms with E-state index in [1.165, 1.54) is 0 Å². The Labute approximate surface area is 113 Å². The largest absolute Gasteiger partial charge is 0.367 e. The maximum absolute atomic E-state index is 5.99. The number of nitrogens with zero attached hydrogens (tertiary/aromatic N) is 2. The van der Waals surface area contributed by atoms with Crippen LogP contribution in [-0.4, -0.2) is 27.5 Å². The lowest BCUT2D eigenvalue weighted by Gasteiger charge is -2.15. The molecule has 0 aliphatic rings. The Morgan fingerprint density at radius 3 is 2.65 bits per heavy atom. The summed E-state index contributed by atoms with van der Waals surface area (Å²) >= 11 is 7.90. The van der Waals surface area contributed by atoms with Crippen molar-refractivity contribution in [1.29, 1.82) is 0 Å². The minimum atomic E-state index is 0.287. The van der Waals surface area contributed by atoms with Crippen molar-refractivity contribution in [3.63, 3.8) is 0 Å². The Balaban J connectivity index is 2.70. The molecule has 1 unspecified atom stereocenters. The van der Waals surface area contributed by atoms with Gasteiger partial charge in [0.05, 0.1) is 0 Å². The summed E-state index contributed by atoms with van der Waals surface area (Å²) < 4.78 is 0. The first-order valence-electron chi connectivity index (χ1n) is 5.91. The molecule has 1 rings (SSSR count). The fourth-order valence-corrected chi connectivity index (χ4v) is 2.22. The van der Waals surface area contributed by atoms with E-state index in [1.54, 1.807) is 6.07 Å². The normalized spacial score (nSPS) is 12.8. The molecule has 17 heavy (non-hydrogen) atoms. The third-order valence-corrected chi connectivity index (χ3v) is 3.53. The maximum atomic E-state index is 5.99. The Hall–Kier alpha value is -0.480. The van der Waals surface area contributed by atoms with E-state index in [-0.39, 0.29) is 5.92 Å². The molecule has 0 amide bonds. The van der Waals surface area contributed by atoms with E-state index >= 15 is 0 Å². The van der Waals surface area contributed by atoms with Crippen LogP contribution in [0.3, 0.4) is 0 Å². The summed E-state index contributed by atoms with van der Waals surface area (Å²) in [7, 11) is 0. The number of rotatable bonds is 6. The summed E-state index contributed by atoms with van der Waals surface area (Å²) in [5, 5.41) is 3.86. The monoisotopic (exact) mass is 273 g/mol. The second-order valence-corrected chi connectivity index (χ2v) is 6.00. The van der Waals surface area contributed by atoms with Gasteiger partial charge in [-0.1, -0.05) is 32.4 Å². The van der Waals surface area contributed by atoms with Crippen LogP contribution in [0.25, 0.3) is 0 Å². The van der Waals surface area contributed by atoms with Crippen LogP contribution in [0.2, 0.25) is 5.15 Å². The molecule has 5 heteroatoms. The molecule has 0 spiro atoms. The average Bonchev–Trinajstić information content (AvgIpc) is 2.25. The van der Waals surface area contributed by atoms with Crippen LogP contribution in [0.5, 0.6) is 0 Å². The summed E-state index contributed by atoms with van der Waals surface area (Å²) in [6, 6.07) is 2.16. The zero-order chi connectivity index (χ0) is 12.8. The van der Waals surface area contributed by atoms with Crippen molar-refractivity contribution >= 4 is 29.2 Å². The second-order valence-electron chi connectivity index (χ2n) is 4.29. The van der Waals surface area contributed by atoms with Gasteiger partial charge in [-0.3, -0.25) is 0 Å². The second kappa shape index (κ2) is 7.07. The van der Waals surface area contributed by atoms with Gasteiger partial charge in [0.1, 0.15) is 16.8 Å². The minimum absolute atomic E-state index is 0.287. The van der Waals surface area contributed by atoms with Gasteiger partial charge in [0.2, 0.25) is 0 Å². The Kier molecular flexibility index (Phi) is 6.06. The topological polar surface area (TPSA) is 37.8 Å². The van der Waals surface area contributed by atoms with Crippen LogP contribution in [0.4, 0.5) is 5.82 Å². The first-order chi connectivity index (χ1) is 8.02. The zero-order valence-corrected chi connectivity index (χ0v) is 12.4. The number of halogens is 1. The molecule has 1 N–H and O–H groups in total. The van der Waals surface area contributed by atoms with Crippen molar-refractivity contribution in [3.05, 3.63) is 17.0 Å². The lowest BCUT2D eigenvalue weighted by atomic mass is 10.2. The summed E-state index contributed by atoms with van der Waals surface area (Å²) in [6.07, 6.45) is 0. The van der Waals surface area contributed by atoms with Gasteiger partial charge >= 0.3 is 0 Å². The molecule has 3 nitrogen and oxygen atoms in total. The number of anilines is 1. The summed E-state index contributed by atoms with van der Waals surface area (Å²) in [6.45, 7) is 8.43. The smallest absolute Gasteiger partial charge is 0.135 e. The van der Waals surface area contributed by atoms with Gasteiger partial charge in [-0.05, 0) is 12.7 Å². The van der Waals surface area contributed by atoms with E-state index in [0.29, 0.717) is 11.2 Å². The van der Waals surface area contributed by atoms with Crippen LogP contribution in [0.1, 0.15) is 39.4 Å². The number of nitrogens with one attached hydrogen (secondary N) is 1. The molecule has 0 saturated heterocycles. The molecule has 1 aromatic heterocycles. The number of thioether (sulfide) groups is 1. The molecule has 0 radical (unpaired) electrons. The van der Waals surface area contributed by atoms with Crippen LogP contribution >= 0.6 is 23.4 Å². The van der Waals surface area contributed by atoms with E-state index in [0.717, 1.165) is 23.1 Å². The lowest BCUT2D eigenvalue weighted by Crippen LogP contribution is -2.19. The van der Waals surface area contributed by atoms with Gasteiger partial charge < -0.3 is 5.32 Å². The number of hydrogen-bond donors (Lipinski definition) is 1. The van der Waals surface area contributed by atoms with E-state index < -0.39 is 0 Å². The SMILES string of the molecule is CCSCC(C)Nc1cc(Cl)nc(C(C)C)n1. The predicted octanol–water partition coefficient (Wildman–Crippen LogP) is 3.81. The van der Waals surface area contributed by atoms with Gasteiger partial charge in [-0.2, -0.15) is 11.8 Å². The highest BCUT2D eigenvalue weighted by atomic mass is 35.5. The number of hydrogen-bond acceptors (Lipinski definition) is 4. The molecule has 1 aromatic rings. The van der Waals surface area contributed by atoms with Crippen LogP contribution in [-0.2, 0) is 0 Å². The van der Waals surface area contributed by atoms with Crippen molar-refractivity contribution in [3.8, 4) is 0 Å². The lowest BCUT2D eigenvalue weighted by molar-refractivity contribution is 0.770. The van der Waals surface area contributed by atoms with Crippen LogP contribution in [0, 0.1) is 0 Å². The van der Waals surface area contributed by atoms with Crippen molar-refractivity contribution in [2.24, 2.45) is 0 Å². The summed E-state index contributed by atoms with van der Waals surface area (Å²) in [5.74, 6) is 4.09. The zero-order valence-electron chi connectivity index (χ0n) is 10.8. The van der Waals surface area contributed by atoms with Crippen LogP contribution in [0.15, 0.2) is 6.07 Å². The molecule has 1 heterocycles. The van der Waals surface area contributed by atoms with Gasteiger partial charge in [-0.25, -0.2) is 9.97 Å². The van der Waals surface area contributed by atoms with Crippen molar-refractivity contribution < 1.29 is 0 Å². The van der Waals surface area contributed by atoms with Crippen molar-refractivity contribution in [2.75, 3.05) is 16.8 Å². The van der Waals surface area contributed by atoms with Crippen LogP contribution < -0.4 is 5.32 Å². The fraction of sp³-hybridized carbons (Fsp3) is 0.667. The predicted molar refractivity (Wildman–Crippen MR) is 77.2 cm³/mol. The third kappa shape index (κ3) is 5.13. The molecular formula is C12H20ClN3S. The fourth-order valence-electron chi connectivity index (χ4n) is 1.36. The molecular weight excluding hydrogens is 254 g/mol. The van der Waals surface area contributed by atoms with E-state index in [9.17, 15) is 0 Å². The Bertz CT molecular complexity index is 358. The summed E-state index contributed by atoms with van der Waals surface area (Å²) in [4.78, 5) is 8.68. The Morgan fingerprint density at radius 2 is 2.06 bits per heavy atom. The Morgan fingerprint density at radius 1 is 1.35 bits per heavy atom. The molecule has 0 saturated carbocycles. The molecule has 0 aliphatic heterocycles. The number of aromatic nitrogens is 2. The van der Waals surface area contributed by atoms with E-state index in [4.69, 9.17) is 11.6 Å². The first-order valence-corrected chi connectivity index (χ1v) is 7.45. The molecule has 0 aliphatic carbocycles. The third-order valence-electron chi connectivity index (χ3n) is 2.19. The first kappa shape index (κ1) is 14.6. The van der Waals surface area contributed by atoms with Gasteiger partial charge in [0.25, 0.3) is 0 Å². The molecule has 0 aromatic carbocycles. The minimum Gasteiger partial charge on any atom is -0.367 e. The standard InChI is InChI=1S/C12H20ClN3S/c1-5-17-7-9(4)14-11-6-10(13)15-12(16-11)8(2)3/h6,8-9H,5,7H2,1-4H3,(H,14,15,16). The van der Waals surface area contributed by atoms with E-state index in [2.05, 4.69) is 43.0 Å². The highest BCUT2D eigenvalue weighted by Crippen LogP contribution is 2.18. The molecule has 96 valence electrons. The van der Waals surface area contributed by atoms with Crippen molar-refractivity contribution in [2.45, 2.75) is 39.7 Å². The van der Waals surface area contributed by atoms with Gasteiger partial charge in [0, 0.05) is 23.8 Å². The summed E-state index contributed by atoms with van der Waals surface area (Å²) in [5.41, 5.74) is 0. The van der Waals surface area contributed by atoms with Gasteiger partial charge in [-0.15, -0.1) is 0 Å². The molecule has 0 bridgehead atoms. The molecule has 1 atom stereocenters. The van der Waals surface area contributed by atoms with Crippen molar-refractivity contribution in [1.82, 2.24) is 9.97 Å². The highest BCUT2D eigenvalue weighted by Gasteiger charge is 2.09.